The van der Waals surface area contributed by atoms with E-state index in [2.05, 4.69) is 12.2 Å². The number of hydrogen-bond acceptors (Lipinski definition) is 3. The highest BCUT2D eigenvalue weighted by molar-refractivity contribution is 5.79. The van der Waals surface area contributed by atoms with Gasteiger partial charge in [0.1, 0.15) is 6.61 Å². The van der Waals surface area contributed by atoms with E-state index >= 15 is 0 Å². The monoisotopic (exact) mass is 282 g/mol. The molecule has 0 aromatic rings. The van der Waals surface area contributed by atoms with E-state index in [1.807, 2.05) is 4.90 Å². The van der Waals surface area contributed by atoms with Crippen LogP contribution < -0.4 is 5.32 Å². The first-order valence-electron chi connectivity index (χ1n) is 7.89. The summed E-state index contributed by atoms with van der Waals surface area (Å²) in [5.74, 6) is 0.153. The third-order valence-corrected chi connectivity index (χ3v) is 4.17. The Balaban J connectivity index is 1.70. The number of amides is 2. The van der Waals surface area contributed by atoms with Crippen molar-refractivity contribution < 1.29 is 14.3 Å². The lowest BCUT2D eigenvalue weighted by atomic mass is 10.00. The molecule has 2 saturated heterocycles. The van der Waals surface area contributed by atoms with Crippen LogP contribution in [-0.2, 0) is 14.3 Å². The molecular weight excluding hydrogens is 256 g/mol. The Labute approximate surface area is 121 Å². The van der Waals surface area contributed by atoms with Crippen LogP contribution in [0.1, 0.15) is 51.9 Å². The first kappa shape index (κ1) is 15.3. The van der Waals surface area contributed by atoms with E-state index in [1.165, 1.54) is 19.3 Å². The minimum absolute atomic E-state index is 0.0194. The number of rotatable bonds is 6. The number of likely N-dealkylation sites (tertiary alicyclic amines) is 1. The van der Waals surface area contributed by atoms with Gasteiger partial charge in [-0.15, -0.1) is 0 Å². The second kappa shape index (κ2) is 7.62. The lowest BCUT2D eigenvalue weighted by molar-refractivity contribution is -0.146. The summed E-state index contributed by atoms with van der Waals surface area (Å²) in [6.45, 7) is 3.71. The first-order chi connectivity index (χ1) is 9.70. The van der Waals surface area contributed by atoms with Crippen molar-refractivity contribution in [2.24, 2.45) is 0 Å². The van der Waals surface area contributed by atoms with Gasteiger partial charge < -0.3 is 15.0 Å². The smallest absolute Gasteiger partial charge is 0.246 e. The molecule has 0 aromatic heterocycles. The van der Waals surface area contributed by atoms with Crippen LogP contribution in [0.3, 0.4) is 0 Å². The number of piperidine rings is 1. The van der Waals surface area contributed by atoms with Crippen molar-refractivity contribution in [3.05, 3.63) is 0 Å². The molecule has 2 atom stereocenters. The Bertz CT molecular complexity index is 346. The normalized spacial score (nSPS) is 26.1. The van der Waals surface area contributed by atoms with Gasteiger partial charge >= 0.3 is 0 Å². The number of hydrogen-bond donors (Lipinski definition) is 1. The number of carbonyl (C=O) groups is 2. The zero-order valence-electron chi connectivity index (χ0n) is 12.4. The summed E-state index contributed by atoms with van der Waals surface area (Å²) in [5.41, 5.74) is 0. The summed E-state index contributed by atoms with van der Waals surface area (Å²) in [6.07, 6.45) is 7.36. The zero-order valence-corrected chi connectivity index (χ0v) is 12.4. The van der Waals surface area contributed by atoms with Crippen molar-refractivity contribution in [1.29, 1.82) is 0 Å². The van der Waals surface area contributed by atoms with Crippen molar-refractivity contribution in [2.45, 2.75) is 64.0 Å². The number of morpholine rings is 1. The fraction of sp³-hybridized carbons (Fsp3) is 0.867. The summed E-state index contributed by atoms with van der Waals surface area (Å²) in [4.78, 5) is 25.4. The van der Waals surface area contributed by atoms with Crippen LogP contribution in [0, 0.1) is 0 Å². The van der Waals surface area contributed by atoms with Crippen molar-refractivity contribution in [3.8, 4) is 0 Å². The van der Waals surface area contributed by atoms with Crippen molar-refractivity contribution >= 4 is 11.8 Å². The Morgan fingerprint density at radius 1 is 1.35 bits per heavy atom. The predicted octanol–water partition coefficient (Wildman–Crippen LogP) is 1.46. The van der Waals surface area contributed by atoms with Gasteiger partial charge in [-0.1, -0.05) is 32.6 Å². The molecule has 2 aliphatic heterocycles. The molecule has 0 aromatic carbocycles. The molecule has 5 heteroatoms. The molecule has 2 amide bonds. The number of unbranched alkanes of at least 4 members (excludes halogenated alkanes) is 4. The maximum absolute atomic E-state index is 12.2. The second-order valence-corrected chi connectivity index (χ2v) is 5.82. The van der Waals surface area contributed by atoms with E-state index in [0.717, 1.165) is 25.8 Å². The van der Waals surface area contributed by atoms with E-state index in [9.17, 15) is 9.59 Å². The van der Waals surface area contributed by atoms with Crippen LogP contribution >= 0.6 is 0 Å². The molecule has 1 N–H and O–H groups in total. The number of fused-ring (bicyclic) bond motifs is 1. The summed E-state index contributed by atoms with van der Waals surface area (Å²) in [6, 6.07) is -0.0194. The molecule has 5 nitrogen and oxygen atoms in total. The van der Waals surface area contributed by atoms with Gasteiger partial charge in [-0.2, -0.15) is 0 Å². The minimum atomic E-state index is -0.0693. The lowest BCUT2D eigenvalue weighted by Crippen LogP contribution is -2.61. The standard InChI is InChI=1S/C15H26N2O3/c1-2-3-4-5-6-7-15(19)17-9-8-13-12(10-17)16-14(18)11-20-13/h12-13H,2-11H2,1H3,(H,16,18)/t12-,13-/m0/s1. The van der Waals surface area contributed by atoms with Crippen molar-refractivity contribution in [2.75, 3.05) is 19.7 Å². The number of nitrogens with zero attached hydrogens (tertiary/aromatic N) is 1. The van der Waals surface area contributed by atoms with E-state index in [4.69, 9.17) is 4.74 Å². The van der Waals surface area contributed by atoms with E-state index in [1.54, 1.807) is 0 Å². The zero-order chi connectivity index (χ0) is 14.4. The molecule has 0 unspecified atom stereocenters. The van der Waals surface area contributed by atoms with Gasteiger partial charge in [0.2, 0.25) is 11.8 Å². The fourth-order valence-electron chi connectivity index (χ4n) is 2.96. The van der Waals surface area contributed by atoms with Gasteiger partial charge in [-0.25, -0.2) is 0 Å². The quantitative estimate of drug-likeness (QED) is 0.750. The van der Waals surface area contributed by atoms with Crippen LogP contribution in [-0.4, -0.2) is 48.6 Å². The van der Waals surface area contributed by atoms with Gasteiger partial charge in [0.15, 0.2) is 0 Å². The first-order valence-corrected chi connectivity index (χ1v) is 7.89. The van der Waals surface area contributed by atoms with Crippen LogP contribution in [0.4, 0.5) is 0 Å². The van der Waals surface area contributed by atoms with Crippen LogP contribution in [0.2, 0.25) is 0 Å². The van der Waals surface area contributed by atoms with Crippen molar-refractivity contribution in [3.63, 3.8) is 0 Å². The Hall–Kier alpha value is -1.10. The Morgan fingerprint density at radius 2 is 2.15 bits per heavy atom. The molecule has 2 rings (SSSR count). The molecule has 0 spiro atoms. The molecule has 2 aliphatic rings. The fourth-order valence-corrected chi connectivity index (χ4v) is 2.96. The van der Waals surface area contributed by atoms with Gasteiger partial charge in [0.25, 0.3) is 0 Å². The molecular formula is C15H26N2O3. The molecule has 20 heavy (non-hydrogen) atoms. The lowest BCUT2D eigenvalue weighted by Gasteiger charge is -2.41. The van der Waals surface area contributed by atoms with Gasteiger partial charge in [0.05, 0.1) is 12.1 Å². The topological polar surface area (TPSA) is 58.6 Å². The number of nitrogens with one attached hydrogen (secondary N) is 1. The average molecular weight is 282 g/mol. The summed E-state index contributed by atoms with van der Waals surface area (Å²) in [5, 5.41) is 2.93. The Kier molecular flexibility index (Phi) is 5.83. The second-order valence-electron chi connectivity index (χ2n) is 5.82. The van der Waals surface area contributed by atoms with Crippen LogP contribution in [0.15, 0.2) is 0 Å². The van der Waals surface area contributed by atoms with Gasteiger partial charge in [-0.3, -0.25) is 9.59 Å². The third-order valence-electron chi connectivity index (χ3n) is 4.17. The van der Waals surface area contributed by atoms with Gasteiger partial charge in [0, 0.05) is 19.5 Å². The van der Waals surface area contributed by atoms with E-state index in [0.29, 0.717) is 13.0 Å². The molecule has 0 radical (unpaired) electrons. The Morgan fingerprint density at radius 3 is 2.95 bits per heavy atom. The SMILES string of the molecule is CCCCCCCC(=O)N1CC[C@@H]2OCC(=O)N[C@H]2C1. The summed E-state index contributed by atoms with van der Waals surface area (Å²) < 4.78 is 5.50. The van der Waals surface area contributed by atoms with Crippen molar-refractivity contribution in [1.82, 2.24) is 10.2 Å². The highest BCUT2D eigenvalue weighted by Gasteiger charge is 2.35. The maximum Gasteiger partial charge on any atom is 0.246 e. The molecule has 0 bridgehead atoms. The summed E-state index contributed by atoms with van der Waals surface area (Å²) >= 11 is 0. The molecule has 2 fully saturated rings. The molecule has 2 heterocycles. The summed E-state index contributed by atoms with van der Waals surface area (Å²) in [7, 11) is 0. The maximum atomic E-state index is 12.2. The van der Waals surface area contributed by atoms with E-state index in [-0.39, 0.29) is 30.6 Å². The molecule has 0 saturated carbocycles. The van der Waals surface area contributed by atoms with Crippen LogP contribution in [0.5, 0.6) is 0 Å². The number of ether oxygens (including phenoxy) is 1. The predicted molar refractivity (Wildman–Crippen MR) is 76.2 cm³/mol. The highest BCUT2D eigenvalue weighted by Crippen LogP contribution is 2.18. The van der Waals surface area contributed by atoms with Gasteiger partial charge in [-0.05, 0) is 12.8 Å². The number of carbonyl (C=O) groups excluding carboxylic acids is 2. The third kappa shape index (κ3) is 4.20. The van der Waals surface area contributed by atoms with E-state index < -0.39 is 0 Å². The molecule has 114 valence electrons. The highest BCUT2D eigenvalue weighted by atomic mass is 16.5. The van der Waals surface area contributed by atoms with Crippen LogP contribution in [0.25, 0.3) is 0 Å². The average Bonchev–Trinajstić information content (AvgIpc) is 2.46. The largest absolute Gasteiger partial charge is 0.366 e. The molecule has 0 aliphatic carbocycles. The minimum Gasteiger partial charge on any atom is -0.366 e.